The fourth-order valence-electron chi connectivity index (χ4n) is 2.37. The molecule has 1 unspecified atom stereocenters. The summed E-state index contributed by atoms with van der Waals surface area (Å²) in [6, 6.07) is 4.24. The summed E-state index contributed by atoms with van der Waals surface area (Å²) in [5, 5.41) is 15.6. The molecule has 1 N–H and O–H groups in total. The topological polar surface area (TPSA) is 64.3 Å². The smallest absolute Gasteiger partial charge is 0.177 e. The van der Waals surface area contributed by atoms with E-state index in [1.807, 2.05) is 12.1 Å². The number of fused-ring (bicyclic) bond motifs is 1. The lowest BCUT2D eigenvalue weighted by atomic mass is 9.94. The molecule has 1 atom stereocenters. The number of anilines is 1. The Kier molecular flexibility index (Phi) is 2.66. The normalized spacial score (nSPS) is 23.1. The molecule has 1 aliphatic heterocycles. The van der Waals surface area contributed by atoms with E-state index in [9.17, 15) is 0 Å². The fourth-order valence-corrected chi connectivity index (χ4v) is 2.37. The molecule has 2 aromatic heterocycles. The molecular formula is C12H17N5O. The number of nitrogens with zero attached hydrogens (tertiary/aromatic N) is 4. The van der Waals surface area contributed by atoms with Gasteiger partial charge < -0.3 is 10.1 Å². The van der Waals surface area contributed by atoms with Crippen molar-refractivity contribution in [3.8, 4) is 0 Å². The Balaban J connectivity index is 1.75. The van der Waals surface area contributed by atoms with Crippen LogP contribution < -0.4 is 5.32 Å². The van der Waals surface area contributed by atoms with Gasteiger partial charge in [-0.3, -0.25) is 0 Å². The molecule has 0 aromatic carbocycles. The van der Waals surface area contributed by atoms with Gasteiger partial charge >= 0.3 is 0 Å². The van der Waals surface area contributed by atoms with Gasteiger partial charge in [-0.15, -0.1) is 15.3 Å². The first-order chi connectivity index (χ1) is 8.62. The van der Waals surface area contributed by atoms with Gasteiger partial charge in [0.25, 0.3) is 0 Å². The maximum atomic E-state index is 5.71. The van der Waals surface area contributed by atoms with E-state index in [1.165, 1.54) is 0 Å². The highest BCUT2D eigenvalue weighted by Crippen LogP contribution is 2.25. The summed E-state index contributed by atoms with van der Waals surface area (Å²) < 4.78 is 7.38. The van der Waals surface area contributed by atoms with Gasteiger partial charge in [-0.2, -0.15) is 4.52 Å². The Morgan fingerprint density at radius 1 is 1.44 bits per heavy atom. The minimum absolute atomic E-state index is 0.0589. The van der Waals surface area contributed by atoms with Crippen molar-refractivity contribution in [3.05, 3.63) is 18.5 Å². The van der Waals surface area contributed by atoms with Crippen molar-refractivity contribution in [3.63, 3.8) is 0 Å². The summed E-state index contributed by atoms with van der Waals surface area (Å²) in [7, 11) is 0. The summed E-state index contributed by atoms with van der Waals surface area (Å²) in [4.78, 5) is 0. The molecule has 3 heterocycles. The molecule has 1 aliphatic rings. The largest absolute Gasteiger partial charge is 0.375 e. The zero-order valence-electron chi connectivity index (χ0n) is 10.6. The number of rotatable bonds is 2. The summed E-state index contributed by atoms with van der Waals surface area (Å²) in [5.74, 6) is 0.852. The summed E-state index contributed by atoms with van der Waals surface area (Å²) in [5.41, 5.74) is 0.698. The molecule has 1 fully saturated rings. The third-order valence-corrected chi connectivity index (χ3v) is 3.21. The van der Waals surface area contributed by atoms with Crippen LogP contribution in [0.15, 0.2) is 18.5 Å². The molecule has 0 amide bonds. The van der Waals surface area contributed by atoms with Crippen molar-refractivity contribution in [2.75, 3.05) is 11.9 Å². The lowest BCUT2D eigenvalue weighted by Gasteiger charge is -2.35. The monoisotopic (exact) mass is 247 g/mol. The molecule has 2 aromatic rings. The van der Waals surface area contributed by atoms with E-state index in [1.54, 1.807) is 10.8 Å². The van der Waals surface area contributed by atoms with E-state index in [4.69, 9.17) is 4.74 Å². The molecule has 0 aliphatic carbocycles. The SMILES string of the molecule is CC1(C)CC(Nc2ccc3nncn3n2)CCO1. The highest BCUT2D eigenvalue weighted by Gasteiger charge is 2.28. The Hall–Kier alpha value is -1.69. The van der Waals surface area contributed by atoms with Gasteiger partial charge in [0, 0.05) is 12.6 Å². The van der Waals surface area contributed by atoms with Crippen molar-refractivity contribution in [2.45, 2.75) is 38.3 Å². The molecular weight excluding hydrogens is 230 g/mol. The van der Waals surface area contributed by atoms with Crippen LogP contribution in [0.25, 0.3) is 5.65 Å². The first kappa shape index (κ1) is 11.4. The third-order valence-electron chi connectivity index (χ3n) is 3.21. The van der Waals surface area contributed by atoms with Crippen LogP contribution in [0.2, 0.25) is 0 Å². The van der Waals surface area contributed by atoms with E-state index in [0.29, 0.717) is 6.04 Å². The van der Waals surface area contributed by atoms with Gasteiger partial charge in [0.2, 0.25) is 0 Å². The molecule has 3 rings (SSSR count). The lowest BCUT2D eigenvalue weighted by Crippen LogP contribution is -2.40. The summed E-state index contributed by atoms with van der Waals surface area (Å²) in [6.07, 6.45) is 3.59. The first-order valence-electron chi connectivity index (χ1n) is 6.20. The summed E-state index contributed by atoms with van der Waals surface area (Å²) >= 11 is 0. The van der Waals surface area contributed by atoms with Gasteiger partial charge in [0.05, 0.1) is 5.60 Å². The van der Waals surface area contributed by atoms with Crippen molar-refractivity contribution in [1.29, 1.82) is 0 Å². The van der Waals surface area contributed by atoms with Crippen LogP contribution in [0.1, 0.15) is 26.7 Å². The number of hydrogen-bond donors (Lipinski definition) is 1. The molecule has 1 saturated heterocycles. The average Bonchev–Trinajstić information content (AvgIpc) is 2.74. The van der Waals surface area contributed by atoms with Gasteiger partial charge in [0.15, 0.2) is 5.65 Å². The number of nitrogens with one attached hydrogen (secondary N) is 1. The number of aromatic nitrogens is 4. The van der Waals surface area contributed by atoms with Gasteiger partial charge in [-0.05, 0) is 38.8 Å². The number of ether oxygens (including phenoxy) is 1. The standard InChI is InChI=1S/C12H17N5O/c1-12(2)7-9(5-6-18-12)14-10-3-4-11-15-13-8-17(11)16-10/h3-4,8-9H,5-7H2,1-2H3,(H,14,16). The van der Waals surface area contributed by atoms with E-state index in [0.717, 1.165) is 30.9 Å². The van der Waals surface area contributed by atoms with Crippen LogP contribution >= 0.6 is 0 Å². The molecule has 0 saturated carbocycles. The van der Waals surface area contributed by atoms with Crippen LogP contribution in [-0.2, 0) is 4.74 Å². The minimum Gasteiger partial charge on any atom is -0.375 e. The van der Waals surface area contributed by atoms with Crippen LogP contribution in [-0.4, -0.2) is 38.1 Å². The predicted molar refractivity (Wildman–Crippen MR) is 67.5 cm³/mol. The second-order valence-electron chi connectivity index (χ2n) is 5.29. The first-order valence-corrected chi connectivity index (χ1v) is 6.20. The fraction of sp³-hybridized carbons (Fsp3) is 0.583. The molecule has 6 heteroatoms. The van der Waals surface area contributed by atoms with Crippen molar-refractivity contribution in [2.24, 2.45) is 0 Å². The van der Waals surface area contributed by atoms with Gasteiger partial charge in [0.1, 0.15) is 12.1 Å². The quantitative estimate of drug-likeness (QED) is 0.871. The molecule has 0 spiro atoms. The molecule has 6 nitrogen and oxygen atoms in total. The Bertz CT molecular complexity index is 550. The highest BCUT2D eigenvalue weighted by atomic mass is 16.5. The maximum Gasteiger partial charge on any atom is 0.177 e. The zero-order chi connectivity index (χ0) is 12.6. The molecule has 18 heavy (non-hydrogen) atoms. The second kappa shape index (κ2) is 4.20. The van der Waals surface area contributed by atoms with Crippen molar-refractivity contribution < 1.29 is 4.74 Å². The summed E-state index contributed by atoms with van der Waals surface area (Å²) in [6.45, 7) is 5.04. The highest BCUT2D eigenvalue weighted by molar-refractivity contribution is 5.43. The second-order valence-corrected chi connectivity index (χ2v) is 5.29. The molecule has 96 valence electrons. The number of hydrogen-bond acceptors (Lipinski definition) is 5. The molecule has 0 radical (unpaired) electrons. The average molecular weight is 247 g/mol. The van der Waals surface area contributed by atoms with Gasteiger partial charge in [-0.25, -0.2) is 0 Å². The van der Waals surface area contributed by atoms with E-state index in [-0.39, 0.29) is 5.60 Å². The maximum absolute atomic E-state index is 5.71. The van der Waals surface area contributed by atoms with E-state index >= 15 is 0 Å². The minimum atomic E-state index is -0.0589. The van der Waals surface area contributed by atoms with Crippen LogP contribution in [0.4, 0.5) is 5.82 Å². The third kappa shape index (κ3) is 2.28. The molecule has 0 bridgehead atoms. The van der Waals surface area contributed by atoms with Crippen molar-refractivity contribution in [1.82, 2.24) is 19.8 Å². The van der Waals surface area contributed by atoms with Gasteiger partial charge in [-0.1, -0.05) is 0 Å². The zero-order valence-corrected chi connectivity index (χ0v) is 10.6. The Morgan fingerprint density at radius 2 is 2.33 bits per heavy atom. The Morgan fingerprint density at radius 3 is 3.17 bits per heavy atom. The van der Waals surface area contributed by atoms with Crippen LogP contribution in [0.3, 0.4) is 0 Å². The van der Waals surface area contributed by atoms with Crippen LogP contribution in [0.5, 0.6) is 0 Å². The Labute approximate surface area is 105 Å². The van der Waals surface area contributed by atoms with E-state index in [2.05, 4.69) is 34.5 Å². The van der Waals surface area contributed by atoms with E-state index < -0.39 is 0 Å². The van der Waals surface area contributed by atoms with Crippen molar-refractivity contribution >= 4 is 11.5 Å². The van der Waals surface area contributed by atoms with Crippen LogP contribution in [0, 0.1) is 0 Å². The lowest BCUT2D eigenvalue weighted by molar-refractivity contribution is -0.0553. The predicted octanol–water partition coefficient (Wildman–Crippen LogP) is 1.49.